The van der Waals surface area contributed by atoms with E-state index >= 15 is 0 Å². The highest BCUT2D eigenvalue weighted by Gasteiger charge is 2.14. The van der Waals surface area contributed by atoms with Crippen molar-refractivity contribution in [3.8, 4) is 0 Å². The molecule has 2 aromatic rings. The minimum Gasteiger partial charge on any atom is -0.478 e. The third-order valence-corrected chi connectivity index (χ3v) is 3.38. The lowest BCUT2D eigenvalue weighted by molar-refractivity contribution is 0.0698. The highest BCUT2D eigenvalue weighted by atomic mass is 35.5. The Morgan fingerprint density at radius 1 is 1.25 bits per heavy atom. The fourth-order valence-electron chi connectivity index (χ4n) is 2.13. The molecule has 0 radical (unpaired) electrons. The van der Waals surface area contributed by atoms with Crippen molar-refractivity contribution in [2.24, 2.45) is 0 Å². The van der Waals surface area contributed by atoms with Gasteiger partial charge in [-0.2, -0.15) is 0 Å². The molecular weight excluding hydrogens is 274 g/mol. The molecule has 2 N–H and O–H groups in total. The van der Waals surface area contributed by atoms with Crippen LogP contribution >= 0.6 is 11.6 Å². The summed E-state index contributed by atoms with van der Waals surface area (Å²) < 4.78 is 0. The van der Waals surface area contributed by atoms with E-state index in [-0.39, 0.29) is 11.6 Å². The van der Waals surface area contributed by atoms with Gasteiger partial charge in [0.1, 0.15) is 0 Å². The van der Waals surface area contributed by atoms with Gasteiger partial charge in [0.05, 0.1) is 11.6 Å². The summed E-state index contributed by atoms with van der Waals surface area (Å²) in [6, 6.07) is 14.5. The zero-order valence-corrected chi connectivity index (χ0v) is 11.9. The highest BCUT2D eigenvalue weighted by Crippen LogP contribution is 2.26. The molecular formula is C16H16ClNO2. The summed E-state index contributed by atoms with van der Waals surface area (Å²) in [5, 5.41) is 13.2. The predicted molar refractivity (Wildman–Crippen MR) is 81.5 cm³/mol. The summed E-state index contributed by atoms with van der Waals surface area (Å²) in [6.07, 6.45) is 0.828. The van der Waals surface area contributed by atoms with Crippen LogP contribution in [0.3, 0.4) is 0 Å². The summed E-state index contributed by atoms with van der Waals surface area (Å²) in [5.41, 5.74) is 1.93. The number of nitrogens with one attached hydrogen (secondary N) is 1. The Kier molecular flexibility index (Phi) is 4.64. The Hall–Kier alpha value is -2.00. The van der Waals surface area contributed by atoms with Crippen LogP contribution in [0.5, 0.6) is 0 Å². The largest absolute Gasteiger partial charge is 0.478 e. The number of aromatic carboxylic acids is 1. The maximum absolute atomic E-state index is 11.2. The van der Waals surface area contributed by atoms with Crippen LogP contribution in [0.25, 0.3) is 0 Å². The Bertz CT molecular complexity index is 613. The molecule has 0 aromatic heterocycles. The van der Waals surface area contributed by atoms with E-state index in [4.69, 9.17) is 11.6 Å². The van der Waals surface area contributed by atoms with E-state index in [0.29, 0.717) is 10.7 Å². The molecule has 1 unspecified atom stereocenters. The molecule has 0 spiro atoms. The lowest BCUT2D eigenvalue weighted by Gasteiger charge is -2.20. The van der Waals surface area contributed by atoms with Gasteiger partial charge in [-0.05, 0) is 36.2 Å². The molecule has 2 aromatic carbocycles. The van der Waals surface area contributed by atoms with Crippen LogP contribution in [0.4, 0.5) is 5.69 Å². The van der Waals surface area contributed by atoms with Crippen LogP contribution in [0.15, 0.2) is 48.5 Å². The summed E-state index contributed by atoms with van der Waals surface area (Å²) in [7, 11) is 0. The number of carboxylic acid groups (broad SMARTS) is 1. The van der Waals surface area contributed by atoms with E-state index < -0.39 is 5.97 Å². The van der Waals surface area contributed by atoms with Gasteiger partial charge in [0, 0.05) is 10.7 Å². The maximum Gasteiger partial charge on any atom is 0.337 e. The average Bonchev–Trinajstić information content (AvgIpc) is 2.45. The first-order chi connectivity index (χ1) is 9.61. The Labute approximate surface area is 123 Å². The zero-order chi connectivity index (χ0) is 14.5. The molecule has 4 heteroatoms. The van der Waals surface area contributed by atoms with Gasteiger partial charge in [-0.25, -0.2) is 4.79 Å². The van der Waals surface area contributed by atoms with Gasteiger partial charge in [-0.3, -0.25) is 0 Å². The molecule has 0 aliphatic rings. The quantitative estimate of drug-likeness (QED) is 0.845. The maximum atomic E-state index is 11.2. The summed E-state index contributed by atoms with van der Waals surface area (Å²) in [4.78, 5) is 11.2. The topological polar surface area (TPSA) is 49.3 Å². The number of para-hydroxylation sites is 1. The van der Waals surface area contributed by atoms with Crippen molar-refractivity contribution in [1.82, 2.24) is 0 Å². The van der Waals surface area contributed by atoms with Crippen LogP contribution in [0.1, 0.15) is 35.3 Å². The third-order valence-electron chi connectivity index (χ3n) is 3.15. The number of carbonyl (C=O) groups is 1. The minimum absolute atomic E-state index is 0.0224. The van der Waals surface area contributed by atoms with Crippen LogP contribution in [0.2, 0.25) is 5.02 Å². The Balaban J connectivity index is 2.29. The fraction of sp³-hybridized carbons (Fsp3) is 0.188. The second-order valence-corrected chi connectivity index (χ2v) is 4.95. The number of hydrogen-bond acceptors (Lipinski definition) is 2. The molecule has 0 aliphatic heterocycles. The van der Waals surface area contributed by atoms with E-state index in [1.165, 1.54) is 0 Å². The predicted octanol–water partition coefficient (Wildman–Crippen LogP) is 4.60. The lowest BCUT2D eigenvalue weighted by atomic mass is 10.0. The van der Waals surface area contributed by atoms with Crippen molar-refractivity contribution in [1.29, 1.82) is 0 Å². The van der Waals surface area contributed by atoms with Gasteiger partial charge in [0.2, 0.25) is 0 Å². The molecule has 104 valence electrons. The second-order valence-electron chi connectivity index (χ2n) is 4.51. The Morgan fingerprint density at radius 3 is 2.65 bits per heavy atom. The standard InChI is InChI=1S/C16H16ClNO2/c1-2-14(11-6-5-7-12(17)10-11)18-15-9-4-3-8-13(15)16(19)20/h3-10,14,18H,2H2,1H3,(H,19,20). The van der Waals surface area contributed by atoms with Gasteiger partial charge in [-0.15, -0.1) is 0 Å². The van der Waals surface area contributed by atoms with E-state index in [1.807, 2.05) is 37.3 Å². The van der Waals surface area contributed by atoms with Gasteiger partial charge in [0.25, 0.3) is 0 Å². The molecule has 1 atom stereocenters. The molecule has 0 fully saturated rings. The first-order valence-corrected chi connectivity index (χ1v) is 6.84. The summed E-state index contributed by atoms with van der Waals surface area (Å²) >= 11 is 6.01. The molecule has 0 bridgehead atoms. The second kappa shape index (κ2) is 6.44. The van der Waals surface area contributed by atoms with E-state index in [1.54, 1.807) is 18.2 Å². The van der Waals surface area contributed by atoms with E-state index in [2.05, 4.69) is 5.32 Å². The number of rotatable bonds is 5. The SMILES string of the molecule is CCC(Nc1ccccc1C(=O)O)c1cccc(Cl)c1. The highest BCUT2D eigenvalue weighted by molar-refractivity contribution is 6.30. The van der Waals surface area contributed by atoms with E-state index in [0.717, 1.165) is 12.0 Å². The van der Waals surface area contributed by atoms with Gasteiger partial charge in [-0.1, -0.05) is 42.8 Å². The van der Waals surface area contributed by atoms with Crippen molar-refractivity contribution in [2.45, 2.75) is 19.4 Å². The van der Waals surface area contributed by atoms with Crippen molar-refractivity contribution >= 4 is 23.3 Å². The first kappa shape index (κ1) is 14.4. The number of carboxylic acids is 1. The number of anilines is 1. The molecule has 20 heavy (non-hydrogen) atoms. The number of hydrogen-bond donors (Lipinski definition) is 2. The van der Waals surface area contributed by atoms with Crippen LogP contribution in [-0.4, -0.2) is 11.1 Å². The van der Waals surface area contributed by atoms with Crippen molar-refractivity contribution in [3.63, 3.8) is 0 Å². The van der Waals surface area contributed by atoms with Gasteiger partial charge in [0.15, 0.2) is 0 Å². The molecule has 0 saturated carbocycles. The van der Waals surface area contributed by atoms with Crippen LogP contribution in [-0.2, 0) is 0 Å². The molecule has 0 amide bonds. The van der Waals surface area contributed by atoms with Crippen molar-refractivity contribution in [2.75, 3.05) is 5.32 Å². The van der Waals surface area contributed by atoms with Gasteiger partial charge < -0.3 is 10.4 Å². The van der Waals surface area contributed by atoms with Crippen molar-refractivity contribution in [3.05, 3.63) is 64.7 Å². The summed E-state index contributed by atoms with van der Waals surface area (Å²) in [6.45, 7) is 2.04. The zero-order valence-electron chi connectivity index (χ0n) is 11.1. The minimum atomic E-state index is -0.936. The van der Waals surface area contributed by atoms with Crippen molar-refractivity contribution < 1.29 is 9.90 Å². The van der Waals surface area contributed by atoms with Crippen LogP contribution < -0.4 is 5.32 Å². The lowest BCUT2D eigenvalue weighted by Crippen LogP contribution is -2.12. The first-order valence-electron chi connectivity index (χ1n) is 6.46. The molecule has 0 saturated heterocycles. The third kappa shape index (κ3) is 3.31. The average molecular weight is 290 g/mol. The molecule has 0 aliphatic carbocycles. The fourth-order valence-corrected chi connectivity index (χ4v) is 2.33. The van der Waals surface area contributed by atoms with E-state index in [9.17, 15) is 9.90 Å². The monoisotopic (exact) mass is 289 g/mol. The van der Waals surface area contributed by atoms with Crippen LogP contribution in [0, 0.1) is 0 Å². The molecule has 0 heterocycles. The number of benzene rings is 2. The number of halogens is 1. The van der Waals surface area contributed by atoms with Gasteiger partial charge >= 0.3 is 5.97 Å². The smallest absolute Gasteiger partial charge is 0.337 e. The summed E-state index contributed by atoms with van der Waals surface area (Å²) in [5.74, 6) is -0.936. The molecule has 2 rings (SSSR count). The Morgan fingerprint density at radius 2 is 2.00 bits per heavy atom. The molecule has 3 nitrogen and oxygen atoms in total. The normalized spacial score (nSPS) is 11.9.